The van der Waals surface area contributed by atoms with Gasteiger partial charge in [-0.25, -0.2) is 9.37 Å². The van der Waals surface area contributed by atoms with Crippen LogP contribution in [0, 0.1) is 13.8 Å². The molecule has 5 rings (SSSR count). The molecule has 0 saturated heterocycles. The maximum atomic E-state index is 12.7. The third-order valence-electron chi connectivity index (χ3n) is 4.50. The van der Waals surface area contributed by atoms with E-state index in [0.29, 0.717) is 17.2 Å². The number of amides is 1. The minimum Gasteiger partial charge on any atom is -0.342 e. The highest BCUT2D eigenvalue weighted by Gasteiger charge is 2.18. The first-order valence-electron chi connectivity index (χ1n) is 9.28. The number of nitrogens with one attached hydrogen (secondary N) is 1. The van der Waals surface area contributed by atoms with Crippen LogP contribution in [-0.4, -0.2) is 31.6 Å². The summed E-state index contributed by atoms with van der Waals surface area (Å²) in [4.78, 5) is 21.0. The van der Waals surface area contributed by atoms with Crippen molar-refractivity contribution in [1.82, 2.24) is 19.5 Å². The van der Waals surface area contributed by atoms with E-state index in [1.807, 2.05) is 50.4 Å². The fourth-order valence-corrected chi connectivity index (χ4v) is 2.70. The largest absolute Gasteiger partial charge is 0.342 e. The molecule has 1 aromatic carbocycles. The van der Waals surface area contributed by atoms with Crippen LogP contribution in [0.5, 0.6) is 0 Å². The molecule has 3 aromatic heterocycles. The second kappa shape index (κ2) is 7.83. The van der Waals surface area contributed by atoms with Crippen LogP contribution in [0.3, 0.4) is 0 Å². The third-order valence-corrected chi connectivity index (χ3v) is 4.50. The molecule has 148 valence electrons. The van der Waals surface area contributed by atoms with Crippen LogP contribution in [0.4, 0.5) is 10.1 Å². The highest BCUT2D eigenvalue weighted by Crippen LogP contribution is 2.24. The van der Waals surface area contributed by atoms with Crippen molar-refractivity contribution < 1.29 is 13.7 Å². The summed E-state index contributed by atoms with van der Waals surface area (Å²) >= 11 is 0. The van der Waals surface area contributed by atoms with E-state index in [1.54, 1.807) is 10.6 Å². The lowest BCUT2D eigenvalue weighted by Gasteiger charge is -2.09. The van der Waals surface area contributed by atoms with Crippen molar-refractivity contribution in [3.05, 3.63) is 65.9 Å². The number of rotatable bonds is 3. The number of anilines is 1. The Bertz CT molecular complexity index is 1150. The number of carbonyl (C=O) groups excluding carboxylic acids is 1. The van der Waals surface area contributed by atoms with Crippen molar-refractivity contribution >= 4 is 17.2 Å². The molecule has 1 amide bonds. The van der Waals surface area contributed by atoms with E-state index < -0.39 is 6.17 Å². The van der Waals surface area contributed by atoms with E-state index in [0.717, 1.165) is 35.2 Å². The Hall–Kier alpha value is -3.55. The molecular weight excluding hydrogens is 373 g/mol. The molecule has 0 aliphatic heterocycles. The van der Waals surface area contributed by atoms with Crippen LogP contribution < -0.4 is 5.32 Å². The van der Waals surface area contributed by atoms with Crippen LogP contribution in [0.1, 0.15) is 34.5 Å². The first-order chi connectivity index (χ1) is 14.0. The summed E-state index contributed by atoms with van der Waals surface area (Å²) in [5, 5.41) is 6.76. The summed E-state index contributed by atoms with van der Waals surface area (Å²) in [5.41, 5.74) is 4.65. The molecule has 3 heterocycles. The zero-order valence-electron chi connectivity index (χ0n) is 16.1. The van der Waals surface area contributed by atoms with Gasteiger partial charge >= 0.3 is 0 Å². The predicted molar refractivity (Wildman–Crippen MR) is 106 cm³/mol. The zero-order chi connectivity index (χ0) is 20.4. The minimum absolute atomic E-state index is 0.230. The lowest BCUT2D eigenvalue weighted by atomic mass is 10.1. The summed E-state index contributed by atoms with van der Waals surface area (Å²) in [7, 11) is 0. The number of aryl methyl sites for hydroxylation is 2. The third kappa shape index (κ3) is 4.31. The van der Waals surface area contributed by atoms with Gasteiger partial charge in [0.15, 0.2) is 0 Å². The highest BCUT2D eigenvalue weighted by molar-refractivity contribution is 6.04. The molecule has 0 spiro atoms. The molecule has 0 unspecified atom stereocenters. The van der Waals surface area contributed by atoms with E-state index in [9.17, 15) is 9.18 Å². The Morgan fingerprint density at radius 3 is 2.69 bits per heavy atom. The van der Waals surface area contributed by atoms with E-state index >= 15 is 0 Å². The molecule has 0 radical (unpaired) electrons. The van der Waals surface area contributed by atoms with Crippen LogP contribution in [0.15, 0.2) is 53.6 Å². The van der Waals surface area contributed by atoms with E-state index in [1.165, 1.54) is 6.39 Å². The van der Waals surface area contributed by atoms with Gasteiger partial charge in [-0.05, 0) is 49.9 Å². The van der Waals surface area contributed by atoms with Gasteiger partial charge in [0.2, 0.25) is 12.2 Å². The summed E-state index contributed by atoms with van der Waals surface area (Å²) in [5.74, 6) is 0.243. The summed E-state index contributed by atoms with van der Waals surface area (Å²) < 4.78 is 17.7. The Morgan fingerprint density at radius 1 is 1.21 bits per heavy atom. The molecule has 1 aliphatic rings. The minimum atomic E-state index is -0.417. The average Bonchev–Trinajstić information content (AvgIpc) is 3.17. The molecule has 0 atom stereocenters. The number of alkyl halides is 1. The number of aromatic nitrogens is 4. The molecule has 1 aliphatic carbocycles. The van der Waals surface area contributed by atoms with E-state index in [2.05, 4.69) is 20.4 Å². The van der Waals surface area contributed by atoms with Crippen molar-refractivity contribution in [3.63, 3.8) is 0 Å². The smallest absolute Gasteiger partial charge is 0.274 e. The van der Waals surface area contributed by atoms with Crippen molar-refractivity contribution in [2.45, 2.75) is 32.9 Å². The normalized spacial score (nSPS) is 13.1. The van der Waals surface area contributed by atoms with E-state index in [-0.39, 0.29) is 5.91 Å². The standard InChI is InChI=1S/C18H15N5O2.C3H5F/c1-11-3-6-16-19-8-15(23(16)9-11)18(24)21-14-7-13(5-4-12(14)2)17-20-10-25-22-17;4-3-1-2-3/h3-10H,1-2H3,(H,21,24);3H,1-2H2. The number of hydrogen-bond donors (Lipinski definition) is 1. The molecule has 1 fully saturated rings. The first kappa shape index (κ1) is 18.8. The fourth-order valence-electron chi connectivity index (χ4n) is 2.70. The number of nitrogens with zero attached hydrogens (tertiary/aromatic N) is 4. The van der Waals surface area contributed by atoms with Crippen molar-refractivity contribution in [2.24, 2.45) is 0 Å². The average molecular weight is 393 g/mol. The van der Waals surface area contributed by atoms with Gasteiger partial charge < -0.3 is 9.84 Å². The van der Waals surface area contributed by atoms with Gasteiger partial charge in [-0.2, -0.15) is 4.98 Å². The number of carbonyl (C=O) groups is 1. The lowest BCUT2D eigenvalue weighted by molar-refractivity contribution is 0.102. The number of pyridine rings is 1. The molecule has 29 heavy (non-hydrogen) atoms. The first-order valence-corrected chi connectivity index (χ1v) is 9.28. The van der Waals surface area contributed by atoms with E-state index in [4.69, 9.17) is 4.52 Å². The molecule has 1 saturated carbocycles. The van der Waals surface area contributed by atoms with Gasteiger partial charge in [0, 0.05) is 17.4 Å². The Balaban J connectivity index is 0.000000458. The molecule has 8 heteroatoms. The number of hydrogen-bond acceptors (Lipinski definition) is 5. The van der Waals surface area contributed by atoms with Gasteiger partial charge in [-0.1, -0.05) is 23.4 Å². The Kier molecular flexibility index (Phi) is 5.07. The summed E-state index contributed by atoms with van der Waals surface area (Å²) in [6.45, 7) is 3.90. The second-order valence-corrected chi connectivity index (χ2v) is 6.99. The van der Waals surface area contributed by atoms with Gasteiger partial charge in [0.25, 0.3) is 5.91 Å². The van der Waals surface area contributed by atoms with Crippen LogP contribution in [-0.2, 0) is 0 Å². The quantitative estimate of drug-likeness (QED) is 0.559. The Morgan fingerprint density at radius 2 is 2.00 bits per heavy atom. The summed E-state index contributed by atoms with van der Waals surface area (Å²) in [6.07, 6.45) is 5.95. The number of benzene rings is 1. The zero-order valence-corrected chi connectivity index (χ0v) is 16.1. The van der Waals surface area contributed by atoms with Crippen LogP contribution in [0.2, 0.25) is 0 Å². The maximum Gasteiger partial charge on any atom is 0.274 e. The molecule has 4 aromatic rings. The topological polar surface area (TPSA) is 85.3 Å². The maximum absolute atomic E-state index is 12.7. The Labute approximate surface area is 166 Å². The highest BCUT2D eigenvalue weighted by atomic mass is 19.1. The molecule has 7 nitrogen and oxygen atoms in total. The van der Waals surface area contributed by atoms with Crippen molar-refractivity contribution in [2.75, 3.05) is 5.32 Å². The molecule has 1 N–H and O–H groups in total. The van der Waals surface area contributed by atoms with Crippen LogP contribution in [0.25, 0.3) is 17.0 Å². The van der Waals surface area contributed by atoms with Crippen molar-refractivity contribution in [1.29, 1.82) is 0 Å². The van der Waals surface area contributed by atoms with Gasteiger partial charge in [-0.15, -0.1) is 0 Å². The van der Waals surface area contributed by atoms with Crippen LogP contribution >= 0.6 is 0 Å². The molecule has 0 bridgehead atoms. The monoisotopic (exact) mass is 393 g/mol. The van der Waals surface area contributed by atoms with Gasteiger partial charge in [-0.3, -0.25) is 9.20 Å². The number of fused-ring (bicyclic) bond motifs is 1. The van der Waals surface area contributed by atoms with Gasteiger partial charge in [0.1, 0.15) is 17.5 Å². The predicted octanol–water partition coefficient (Wildman–Crippen LogP) is 4.37. The lowest BCUT2D eigenvalue weighted by Crippen LogP contribution is -2.15. The second-order valence-electron chi connectivity index (χ2n) is 6.99. The number of imidazole rings is 1. The number of halogens is 1. The SMILES string of the molecule is Cc1ccc2ncc(C(=O)Nc3cc(-c4ncon4)ccc3C)n2c1.FC1CC1. The molecular formula is C21H20FN5O2. The fraction of sp³-hybridized carbons (Fsp3) is 0.238. The van der Waals surface area contributed by atoms with Gasteiger partial charge in [0.05, 0.1) is 6.20 Å². The summed E-state index contributed by atoms with van der Waals surface area (Å²) in [6, 6.07) is 9.46. The van der Waals surface area contributed by atoms with Crippen molar-refractivity contribution in [3.8, 4) is 11.4 Å².